The molecular formula is C9H13F2O4P. The molecule has 2 fully saturated rings. The summed E-state index contributed by atoms with van der Waals surface area (Å²) in [7, 11) is -4.85. The fourth-order valence-corrected chi connectivity index (χ4v) is 5.83. The van der Waals surface area contributed by atoms with Crippen LogP contribution in [0.15, 0.2) is 0 Å². The third kappa shape index (κ3) is 0.967. The molecule has 0 radical (unpaired) electrons. The molecule has 0 aromatic carbocycles. The van der Waals surface area contributed by atoms with Crippen molar-refractivity contribution in [2.45, 2.75) is 43.8 Å². The topological polar surface area (TPSA) is 52.6 Å². The van der Waals surface area contributed by atoms with Crippen LogP contribution >= 0.6 is 7.88 Å². The number of carbonyl (C=O) groups excluding carboxylic acids is 2. The van der Waals surface area contributed by atoms with E-state index in [0.29, 0.717) is 6.42 Å². The van der Waals surface area contributed by atoms with Gasteiger partial charge in [-0.25, -0.2) is 0 Å². The average molecular weight is 254 g/mol. The molecule has 0 spiro atoms. The van der Waals surface area contributed by atoms with Crippen LogP contribution in [0, 0.1) is 0 Å². The fourth-order valence-electron chi connectivity index (χ4n) is 2.59. The van der Waals surface area contributed by atoms with E-state index >= 15 is 0 Å². The van der Waals surface area contributed by atoms with E-state index in [1.165, 1.54) is 6.92 Å². The Hall–Kier alpha value is -0.770. The number of fused-ring (bicyclic) bond motifs is 1. The number of rotatable bonds is 3. The summed E-state index contributed by atoms with van der Waals surface area (Å²) < 4.78 is 37.2. The molecule has 2 saturated heterocycles. The van der Waals surface area contributed by atoms with Crippen LogP contribution in [0.5, 0.6) is 0 Å². The molecule has 0 aliphatic carbocycles. The van der Waals surface area contributed by atoms with E-state index in [1.807, 2.05) is 0 Å². The SMILES string of the molecule is CCCC12OC(=O)C(=O)OC1(CC)[PH]2(F)F. The summed E-state index contributed by atoms with van der Waals surface area (Å²) in [6.07, 6.45) is 0.499. The number of esters is 2. The minimum absolute atomic E-state index is 0.00869. The number of halogens is 2. The first-order valence-corrected chi connectivity index (χ1v) is 6.98. The van der Waals surface area contributed by atoms with Gasteiger partial charge >= 0.3 is 91.1 Å². The van der Waals surface area contributed by atoms with Crippen LogP contribution < -0.4 is 0 Å². The zero-order chi connectivity index (χ0) is 12.2. The quantitative estimate of drug-likeness (QED) is 0.440. The van der Waals surface area contributed by atoms with Gasteiger partial charge in [-0.2, -0.15) is 0 Å². The standard InChI is InChI=1S/C9H13F2O4P/c1-3-5-9-8(4-2,16(9,10)11)14-6(12)7(13)15-9/h16H,3-5H2,1-2H3. The van der Waals surface area contributed by atoms with Gasteiger partial charge in [0.2, 0.25) is 0 Å². The van der Waals surface area contributed by atoms with Crippen LogP contribution in [0.3, 0.4) is 0 Å². The van der Waals surface area contributed by atoms with E-state index in [4.69, 9.17) is 4.74 Å². The Labute approximate surface area is 91.9 Å². The Morgan fingerprint density at radius 1 is 1.12 bits per heavy atom. The first-order chi connectivity index (χ1) is 7.38. The van der Waals surface area contributed by atoms with Crippen LogP contribution in [0.1, 0.15) is 33.1 Å². The summed E-state index contributed by atoms with van der Waals surface area (Å²) >= 11 is 0. The van der Waals surface area contributed by atoms with E-state index in [9.17, 15) is 18.0 Å². The molecule has 92 valence electrons. The summed E-state index contributed by atoms with van der Waals surface area (Å²) in [6, 6.07) is 0. The van der Waals surface area contributed by atoms with Gasteiger partial charge in [0.05, 0.1) is 0 Å². The second-order valence-corrected chi connectivity index (χ2v) is 6.88. The summed E-state index contributed by atoms with van der Waals surface area (Å²) in [5.74, 6) is -2.58. The normalized spacial score (nSPS) is 41.8. The van der Waals surface area contributed by atoms with Crippen LogP contribution in [0.25, 0.3) is 0 Å². The maximum absolute atomic E-state index is 13.9. The number of ether oxygens (including phenoxy) is 2. The van der Waals surface area contributed by atoms with Crippen LogP contribution in [-0.2, 0) is 19.1 Å². The van der Waals surface area contributed by atoms with Gasteiger partial charge < -0.3 is 0 Å². The number of hydrogen-bond donors (Lipinski definition) is 0. The zero-order valence-electron chi connectivity index (χ0n) is 9.01. The Kier molecular flexibility index (Phi) is 2.29. The molecule has 4 nitrogen and oxygen atoms in total. The predicted molar refractivity (Wildman–Crippen MR) is 53.4 cm³/mol. The molecule has 0 bridgehead atoms. The Bertz CT molecular complexity index is 373. The molecule has 16 heavy (non-hydrogen) atoms. The van der Waals surface area contributed by atoms with Crippen LogP contribution in [-0.4, -0.2) is 22.6 Å². The summed E-state index contributed by atoms with van der Waals surface area (Å²) in [6.45, 7) is 3.24. The Morgan fingerprint density at radius 2 is 1.62 bits per heavy atom. The Balaban J connectivity index is 2.42. The fraction of sp³-hybridized carbons (Fsp3) is 0.778. The van der Waals surface area contributed by atoms with Crippen molar-refractivity contribution in [3.63, 3.8) is 0 Å². The van der Waals surface area contributed by atoms with E-state index in [1.54, 1.807) is 6.92 Å². The molecule has 2 rings (SSSR count). The summed E-state index contributed by atoms with van der Waals surface area (Å²) in [5.41, 5.74) is 0. The minimum atomic E-state index is -4.85. The monoisotopic (exact) mass is 254 g/mol. The third-order valence-electron chi connectivity index (χ3n) is 3.40. The van der Waals surface area contributed by atoms with Crippen LogP contribution in [0.2, 0.25) is 0 Å². The average Bonchev–Trinajstić information content (AvgIpc) is 2.61. The van der Waals surface area contributed by atoms with Crippen molar-refractivity contribution in [1.82, 2.24) is 0 Å². The Morgan fingerprint density at radius 3 is 2.06 bits per heavy atom. The van der Waals surface area contributed by atoms with Crippen molar-refractivity contribution in [3.8, 4) is 0 Å². The molecule has 7 heteroatoms. The van der Waals surface area contributed by atoms with E-state index < -0.39 is 30.5 Å². The molecule has 0 aromatic heterocycles. The summed E-state index contributed by atoms with van der Waals surface area (Å²) in [5, 5.41) is -3.60. The van der Waals surface area contributed by atoms with E-state index in [-0.39, 0.29) is 12.8 Å². The third-order valence-corrected chi connectivity index (χ3v) is 6.80. The molecule has 2 aliphatic rings. The van der Waals surface area contributed by atoms with Crippen molar-refractivity contribution >= 4 is 19.8 Å². The van der Waals surface area contributed by atoms with Gasteiger partial charge in [-0.05, 0) is 0 Å². The van der Waals surface area contributed by atoms with Gasteiger partial charge in [-0.15, -0.1) is 0 Å². The van der Waals surface area contributed by atoms with Gasteiger partial charge in [0.1, 0.15) is 0 Å². The molecular weight excluding hydrogens is 241 g/mol. The molecule has 2 unspecified atom stereocenters. The zero-order valence-corrected chi connectivity index (χ0v) is 10.0. The molecule has 0 amide bonds. The van der Waals surface area contributed by atoms with Crippen molar-refractivity contribution in [1.29, 1.82) is 0 Å². The molecule has 0 saturated carbocycles. The van der Waals surface area contributed by atoms with E-state index in [0.717, 1.165) is 0 Å². The predicted octanol–water partition coefficient (Wildman–Crippen LogP) is 2.22. The first-order valence-electron chi connectivity index (χ1n) is 5.22. The van der Waals surface area contributed by atoms with Gasteiger partial charge in [-0.3, -0.25) is 0 Å². The van der Waals surface area contributed by atoms with Crippen molar-refractivity contribution in [2.24, 2.45) is 0 Å². The second kappa shape index (κ2) is 3.13. The van der Waals surface area contributed by atoms with Crippen molar-refractivity contribution in [3.05, 3.63) is 0 Å². The first kappa shape index (κ1) is 11.7. The molecule has 2 atom stereocenters. The maximum atomic E-state index is 13.9. The molecule has 2 aliphatic heterocycles. The van der Waals surface area contributed by atoms with Gasteiger partial charge in [0.15, 0.2) is 0 Å². The van der Waals surface area contributed by atoms with Crippen molar-refractivity contribution < 1.29 is 27.5 Å². The number of carbonyl (C=O) groups is 2. The van der Waals surface area contributed by atoms with Gasteiger partial charge in [-0.1, -0.05) is 0 Å². The number of hydrogen-bond acceptors (Lipinski definition) is 4. The second-order valence-electron chi connectivity index (χ2n) is 4.11. The molecule has 0 aromatic rings. The molecule has 2 heterocycles. The molecule has 0 N–H and O–H groups in total. The van der Waals surface area contributed by atoms with Gasteiger partial charge in [0, 0.05) is 0 Å². The van der Waals surface area contributed by atoms with Crippen LogP contribution in [0.4, 0.5) is 8.39 Å². The summed E-state index contributed by atoms with van der Waals surface area (Å²) in [4.78, 5) is 22.1. The van der Waals surface area contributed by atoms with E-state index in [2.05, 4.69) is 4.74 Å². The van der Waals surface area contributed by atoms with Crippen molar-refractivity contribution in [2.75, 3.05) is 0 Å². The van der Waals surface area contributed by atoms with Gasteiger partial charge in [0.25, 0.3) is 0 Å².